The topological polar surface area (TPSA) is 70.0 Å². The van der Waals surface area contributed by atoms with E-state index >= 15 is 0 Å². The summed E-state index contributed by atoms with van der Waals surface area (Å²) in [5, 5.41) is 8.03. The normalized spacial score (nSPS) is 13.2. The molecule has 0 heterocycles. The highest BCUT2D eigenvalue weighted by Crippen LogP contribution is 2.14. The van der Waals surface area contributed by atoms with Gasteiger partial charge in [0.05, 0.1) is 17.9 Å². The summed E-state index contributed by atoms with van der Waals surface area (Å²) < 4.78 is 25.9. The van der Waals surface area contributed by atoms with E-state index in [0.29, 0.717) is 12.8 Å². The fraction of sp³-hybridized carbons (Fsp3) is 0.917. The first-order valence-electron chi connectivity index (χ1n) is 6.43. The molecule has 0 aliphatic rings. The van der Waals surface area contributed by atoms with Crippen molar-refractivity contribution in [1.29, 1.82) is 5.26 Å². The van der Waals surface area contributed by atoms with E-state index in [4.69, 9.17) is 5.26 Å². The highest BCUT2D eigenvalue weighted by Gasteiger charge is 2.22. The van der Waals surface area contributed by atoms with Crippen LogP contribution in [0.3, 0.4) is 0 Å². The summed E-state index contributed by atoms with van der Waals surface area (Å²) in [6.07, 6.45) is 6.94. The van der Waals surface area contributed by atoms with Gasteiger partial charge in [0.25, 0.3) is 0 Å². The summed E-state index contributed by atoms with van der Waals surface area (Å²) in [6.45, 7) is 3.90. The Kier molecular flexibility index (Phi) is 9.10. The van der Waals surface area contributed by atoms with Crippen LogP contribution in [0.2, 0.25) is 0 Å². The number of hydrogen-bond donors (Lipinski definition) is 1. The number of nitrogens with one attached hydrogen (secondary N) is 1. The molecule has 0 rings (SSSR count). The largest absolute Gasteiger partial charge is 0.215 e. The summed E-state index contributed by atoms with van der Waals surface area (Å²) in [7, 11) is -3.30. The van der Waals surface area contributed by atoms with Crippen molar-refractivity contribution >= 4 is 10.0 Å². The van der Waals surface area contributed by atoms with Crippen molar-refractivity contribution in [3.8, 4) is 6.07 Å². The van der Waals surface area contributed by atoms with Crippen molar-refractivity contribution in [2.45, 2.75) is 64.0 Å². The Morgan fingerprint density at radius 2 is 1.82 bits per heavy atom. The maximum atomic E-state index is 11.8. The number of rotatable bonds is 10. The molecule has 0 aromatic rings. The van der Waals surface area contributed by atoms with Gasteiger partial charge in [0, 0.05) is 0 Å². The maximum absolute atomic E-state index is 11.8. The van der Waals surface area contributed by atoms with Gasteiger partial charge in [-0.15, -0.1) is 0 Å². The first-order chi connectivity index (χ1) is 8.08. The lowest BCUT2D eigenvalue weighted by Crippen LogP contribution is -2.34. The third kappa shape index (κ3) is 7.35. The molecule has 17 heavy (non-hydrogen) atoms. The van der Waals surface area contributed by atoms with Crippen LogP contribution in [-0.2, 0) is 10.0 Å². The minimum absolute atomic E-state index is 0.130. The van der Waals surface area contributed by atoms with Crippen LogP contribution in [-0.4, -0.2) is 20.2 Å². The van der Waals surface area contributed by atoms with Gasteiger partial charge in [-0.05, 0) is 12.8 Å². The van der Waals surface area contributed by atoms with Gasteiger partial charge in [0.1, 0.15) is 0 Å². The van der Waals surface area contributed by atoms with E-state index in [-0.39, 0.29) is 11.8 Å². The highest BCUT2D eigenvalue weighted by atomic mass is 32.2. The van der Waals surface area contributed by atoms with E-state index in [1.165, 1.54) is 19.3 Å². The molecule has 0 saturated carbocycles. The Balaban J connectivity index is 4.02. The first-order valence-corrected chi connectivity index (χ1v) is 7.98. The van der Waals surface area contributed by atoms with Gasteiger partial charge < -0.3 is 0 Å². The van der Waals surface area contributed by atoms with Crippen LogP contribution in [0.5, 0.6) is 0 Å². The summed E-state index contributed by atoms with van der Waals surface area (Å²) in [5.74, 6) is 0. The second kappa shape index (κ2) is 9.43. The van der Waals surface area contributed by atoms with E-state index in [1.54, 1.807) is 6.07 Å². The number of unbranched alkanes of at least 4 members (excludes halogenated alkanes) is 4. The molecule has 100 valence electrons. The molecule has 1 N–H and O–H groups in total. The van der Waals surface area contributed by atoms with Crippen molar-refractivity contribution in [1.82, 2.24) is 4.72 Å². The Hall–Kier alpha value is -0.600. The predicted octanol–water partition coefficient (Wildman–Crippen LogP) is 2.57. The number of hydrogen-bond acceptors (Lipinski definition) is 3. The SMILES string of the molecule is CCCCCCCC(CC)S(=O)(=O)NCC#N. The van der Waals surface area contributed by atoms with Crippen molar-refractivity contribution in [3.63, 3.8) is 0 Å². The zero-order valence-electron chi connectivity index (χ0n) is 10.9. The predicted molar refractivity (Wildman–Crippen MR) is 70.0 cm³/mol. The van der Waals surface area contributed by atoms with Crippen LogP contribution in [0.1, 0.15) is 58.8 Å². The van der Waals surface area contributed by atoms with Crippen molar-refractivity contribution in [3.05, 3.63) is 0 Å². The molecule has 1 atom stereocenters. The number of sulfonamides is 1. The Morgan fingerprint density at radius 1 is 1.18 bits per heavy atom. The molecule has 0 aliphatic carbocycles. The molecule has 0 fully saturated rings. The molecule has 4 nitrogen and oxygen atoms in total. The molecule has 0 aromatic carbocycles. The zero-order chi connectivity index (χ0) is 13.1. The van der Waals surface area contributed by atoms with Crippen LogP contribution < -0.4 is 4.72 Å². The van der Waals surface area contributed by atoms with Crippen molar-refractivity contribution < 1.29 is 8.42 Å². The van der Waals surface area contributed by atoms with Gasteiger partial charge in [-0.1, -0.05) is 46.0 Å². The molecular formula is C12H24N2O2S. The standard InChI is InChI=1S/C12H24N2O2S/c1-3-5-6-7-8-9-12(4-2)17(15,16)14-11-10-13/h12,14H,3-9,11H2,1-2H3. The molecule has 0 amide bonds. The van der Waals surface area contributed by atoms with Gasteiger partial charge in [0.15, 0.2) is 0 Å². The first kappa shape index (κ1) is 16.4. The van der Waals surface area contributed by atoms with Gasteiger partial charge in [-0.25, -0.2) is 13.1 Å². The summed E-state index contributed by atoms with van der Waals surface area (Å²) in [6, 6.07) is 1.80. The molecule has 5 heteroatoms. The zero-order valence-corrected chi connectivity index (χ0v) is 11.7. The second-order valence-corrected chi connectivity index (χ2v) is 6.30. The van der Waals surface area contributed by atoms with Gasteiger partial charge in [-0.3, -0.25) is 0 Å². The minimum atomic E-state index is -3.30. The van der Waals surface area contributed by atoms with E-state index < -0.39 is 10.0 Å². The van der Waals surface area contributed by atoms with Gasteiger partial charge in [0.2, 0.25) is 10.0 Å². The number of nitriles is 1. The molecule has 0 aliphatic heterocycles. The van der Waals surface area contributed by atoms with Crippen LogP contribution in [0, 0.1) is 11.3 Å². The van der Waals surface area contributed by atoms with Crippen molar-refractivity contribution in [2.75, 3.05) is 6.54 Å². The lowest BCUT2D eigenvalue weighted by Gasteiger charge is -2.15. The van der Waals surface area contributed by atoms with E-state index in [9.17, 15) is 8.42 Å². The summed E-state index contributed by atoms with van der Waals surface area (Å²) in [4.78, 5) is 0. The third-order valence-corrected chi connectivity index (χ3v) is 4.87. The monoisotopic (exact) mass is 260 g/mol. The Morgan fingerprint density at radius 3 is 2.35 bits per heavy atom. The number of nitrogens with zero attached hydrogens (tertiary/aromatic N) is 1. The average Bonchev–Trinajstić information content (AvgIpc) is 2.31. The fourth-order valence-corrected chi connectivity index (χ4v) is 3.22. The fourth-order valence-electron chi connectivity index (χ4n) is 1.80. The molecule has 0 aromatic heterocycles. The molecule has 0 spiro atoms. The Bertz CT molecular complexity index is 320. The average molecular weight is 260 g/mol. The molecule has 0 radical (unpaired) electrons. The molecule has 0 saturated heterocycles. The van der Waals surface area contributed by atoms with E-state index in [0.717, 1.165) is 12.8 Å². The van der Waals surface area contributed by atoms with Gasteiger partial charge in [-0.2, -0.15) is 5.26 Å². The lowest BCUT2D eigenvalue weighted by atomic mass is 10.1. The van der Waals surface area contributed by atoms with Crippen LogP contribution in [0.25, 0.3) is 0 Å². The third-order valence-electron chi connectivity index (χ3n) is 2.88. The quantitative estimate of drug-likeness (QED) is 0.485. The molecule has 0 bridgehead atoms. The van der Waals surface area contributed by atoms with E-state index in [1.807, 2.05) is 6.92 Å². The second-order valence-electron chi connectivity index (χ2n) is 4.26. The van der Waals surface area contributed by atoms with Crippen LogP contribution in [0.15, 0.2) is 0 Å². The van der Waals surface area contributed by atoms with Gasteiger partial charge >= 0.3 is 0 Å². The highest BCUT2D eigenvalue weighted by molar-refractivity contribution is 7.90. The summed E-state index contributed by atoms with van der Waals surface area (Å²) >= 11 is 0. The van der Waals surface area contributed by atoms with Crippen molar-refractivity contribution in [2.24, 2.45) is 0 Å². The lowest BCUT2D eigenvalue weighted by molar-refractivity contribution is 0.536. The van der Waals surface area contributed by atoms with Crippen LogP contribution >= 0.6 is 0 Å². The minimum Gasteiger partial charge on any atom is -0.212 e. The molecular weight excluding hydrogens is 236 g/mol. The van der Waals surface area contributed by atoms with E-state index in [2.05, 4.69) is 11.6 Å². The molecule has 1 unspecified atom stereocenters. The maximum Gasteiger partial charge on any atom is 0.215 e. The van der Waals surface area contributed by atoms with Crippen LogP contribution in [0.4, 0.5) is 0 Å². The summed E-state index contributed by atoms with van der Waals surface area (Å²) in [5.41, 5.74) is 0. The Labute approximate surface area is 105 Å². The smallest absolute Gasteiger partial charge is 0.212 e.